The number of thioether (sulfide) groups is 1. The van der Waals surface area contributed by atoms with E-state index in [-0.39, 0.29) is 5.97 Å². The number of ether oxygens (including phenoxy) is 1. The first-order chi connectivity index (χ1) is 13.2. The fraction of sp³-hybridized carbons (Fsp3) is 0.238. The minimum Gasteiger partial charge on any atom is -0.468 e. The van der Waals surface area contributed by atoms with Crippen LogP contribution in [0.2, 0.25) is 0 Å². The van der Waals surface area contributed by atoms with E-state index in [0.29, 0.717) is 23.8 Å². The maximum Gasteiger partial charge on any atom is 0.315 e. The number of hydrogen-bond donors (Lipinski definition) is 0. The third kappa shape index (κ3) is 5.37. The third-order valence-corrected chi connectivity index (χ3v) is 4.75. The van der Waals surface area contributed by atoms with Gasteiger partial charge in [0, 0.05) is 11.3 Å². The molecule has 0 bridgehead atoms. The zero-order valence-corrected chi connectivity index (χ0v) is 16.1. The molecule has 2 aromatic heterocycles. The number of furan rings is 1. The summed E-state index contributed by atoms with van der Waals surface area (Å²) >= 11 is 1.49. The van der Waals surface area contributed by atoms with E-state index in [1.54, 1.807) is 0 Å². The molecule has 27 heavy (non-hydrogen) atoms. The molecule has 0 aliphatic carbocycles. The van der Waals surface area contributed by atoms with Crippen LogP contribution in [-0.2, 0) is 16.0 Å². The number of aryl methyl sites for hydroxylation is 1. The second-order valence-corrected chi connectivity index (χ2v) is 6.89. The second-order valence-electron chi connectivity index (χ2n) is 5.86. The van der Waals surface area contributed by atoms with Gasteiger partial charge in [0.05, 0.1) is 25.0 Å². The van der Waals surface area contributed by atoms with Gasteiger partial charge in [-0.3, -0.25) is 4.79 Å². The van der Waals surface area contributed by atoms with E-state index in [1.807, 2.05) is 61.5 Å². The Morgan fingerprint density at radius 2 is 2.00 bits per heavy atom. The molecular formula is C21H21NO4S. The zero-order chi connectivity index (χ0) is 19.1. The normalized spacial score (nSPS) is 11.2. The van der Waals surface area contributed by atoms with E-state index in [1.165, 1.54) is 18.9 Å². The summed E-state index contributed by atoms with van der Waals surface area (Å²) in [5.74, 6) is 3.86. The standard InChI is InChI=1S/C21H21NO4S/c1-15-19(22-21(25-15)16-7-4-3-5-8-16)13-18-11-10-17(26-18)9-6-12-27-14-20(23)24-2/h3-11H,12-14H2,1-2H3/b9-6+. The van der Waals surface area contributed by atoms with Crippen molar-refractivity contribution in [1.82, 2.24) is 4.98 Å². The molecule has 6 heteroatoms. The highest BCUT2D eigenvalue weighted by Crippen LogP contribution is 2.23. The number of methoxy groups -OCH3 is 1. The fourth-order valence-corrected chi connectivity index (χ4v) is 3.11. The highest BCUT2D eigenvalue weighted by molar-refractivity contribution is 8.00. The second kappa shape index (κ2) is 9.28. The van der Waals surface area contributed by atoms with Crippen LogP contribution in [-0.4, -0.2) is 29.6 Å². The Morgan fingerprint density at radius 1 is 1.19 bits per heavy atom. The highest BCUT2D eigenvalue weighted by atomic mass is 32.2. The molecule has 0 aliphatic heterocycles. The molecule has 0 fully saturated rings. The van der Waals surface area contributed by atoms with Gasteiger partial charge in [0.1, 0.15) is 17.3 Å². The van der Waals surface area contributed by atoms with Crippen molar-refractivity contribution in [2.75, 3.05) is 18.6 Å². The smallest absolute Gasteiger partial charge is 0.315 e. The molecule has 3 rings (SSSR count). The zero-order valence-electron chi connectivity index (χ0n) is 15.3. The fourth-order valence-electron chi connectivity index (χ4n) is 2.47. The quantitative estimate of drug-likeness (QED) is 0.413. The predicted octanol–water partition coefficient (Wildman–Crippen LogP) is 4.75. The summed E-state index contributed by atoms with van der Waals surface area (Å²) in [7, 11) is 1.39. The number of benzene rings is 1. The van der Waals surface area contributed by atoms with Gasteiger partial charge in [-0.1, -0.05) is 24.3 Å². The molecular weight excluding hydrogens is 362 g/mol. The summed E-state index contributed by atoms with van der Waals surface area (Å²) < 4.78 is 16.2. The molecule has 0 aliphatic rings. The van der Waals surface area contributed by atoms with Crippen LogP contribution in [0.4, 0.5) is 0 Å². The Bertz CT molecular complexity index is 911. The molecule has 2 heterocycles. The molecule has 0 N–H and O–H groups in total. The molecule has 0 unspecified atom stereocenters. The van der Waals surface area contributed by atoms with Crippen LogP contribution in [0.1, 0.15) is 23.0 Å². The number of carbonyl (C=O) groups is 1. The summed E-state index contributed by atoms with van der Waals surface area (Å²) in [5.41, 5.74) is 1.83. The molecule has 1 aromatic carbocycles. The minimum absolute atomic E-state index is 0.216. The first kappa shape index (κ1) is 19.0. The Balaban J connectivity index is 1.58. The number of carbonyl (C=O) groups excluding carboxylic acids is 1. The Kier molecular flexibility index (Phi) is 6.54. The lowest BCUT2D eigenvalue weighted by Crippen LogP contribution is -2.03. The van der Waals surface area contributed by atoms with Crippen molar-refractivity contribution >= 4 is 23.8 Å². The van der Waals surface area contributed by atoms with Gasteiger partial charge in [0.15, 0.2) is 0 Å². The maximum atomic E-state index is 11.0. The average Bonchev–Trinajstić information content (AvgIpc) is 3.29. The highest BCUT2D eigenvalue weighted by Gasteiger charge is 2.13. The lowest BCUT2D eigenvalue weighted by Gasteiger charge is -1.96. The van der Waals surface area contributed by atoms with Gasteiger partial charge < -0.3 is 13.6 Å². The molecule has 140 valence electrons. The molecule has 0 saturated carbocycles. The monoisotopic (exact) mass is 383 g/mol. The van der Waals surface area contributed by atoms with E-state index >= 15 is 0 Å². The largest absolute Gasteiger partial charge is 0.468 e. The van der Waals surface area contributed by atoms with Gasteiger partial charge in [0.25, 0.3) is 0 Å². The van der Waals surface area contributed by atoms with Crippen LogP contribution < -0.4 is 0 Å². The van der Waals surface area contributed by atoms with Crippen LogP contribution in [0.3, 0.4) is 0 Å². The van der Waals surface area contributed by atoms with Crippen molar-refractivity contribution in [3.8, 4) is 11.5 Å². The average molecular weight is 383 g/mol. The SMILES string of the molecule is COC(=O)CSC/C=C/c1ccc(Cc2nc(-c3ccccc3)oc2C)o1. The van der Waals surface area contributed by atoms with Crippen molar-refractivity contribution in [3.63, 3.8) is 0 Å². The van der Waals surface area contributed by atoms with Gasteiger partial charge in [-0.25, -0.2) is 4.98 Å². The van der Waals surface area contributed by atoms with Crippen molar-refractivity contribution in [2.24, 2.45) is 0 Å². The van der Waals surface area contributed by atoms with Crippen molar-refractivity contribution in [2.45, 2.75) is 13.3 Å². The lowest BCUT2D eigenvalue weighted by molar-refractivity contribution is -0.137. The number of esters is 1. The summed E-state index contributed by atoms with van der Waals surface area (Å²) in [4.78, 5) is 15.6. The first-order valence-corrected chi connectivity index (χ1v) is 9.72. The number of nitrogens with zero attached hydrogens (tertiary/aromatic N) is 1. The number of rotatable bonds is 8. The van der Waals surface area contributed by atoms with E-state index in [0.717, 1.165) is 28.5 Å². The Labute approximate surface area is 162 Å². The Morgan fingerprint density at radius 3 is 2.78 bits per heavy atom. The van der Waals surface area contributed by atoms with Gasteiger partial charge in [0.2, 0.25) is 5.89 Å². The van der Waals surface area contributed by atoms with E-state index in [9.17, 15) is 4.79 Å². The number of oxazole rings is 1. The van der Waals surface area contributed by atoms with Gasteiger partial charge in [-0.15, -0.1) is 11.8 Å². The van der Waals surface area contributed by atoms with Crippen LogP contribution in [0.5, 0.6) is 0 Å². The topological polar surface area (TPSA) is 65.5 Å². The van der Waals surface area contributed by atoms with Crippen molar-refractivity contribution < 1.29 is 18.4 Å². The minimum atomic E-state index is -0.216. The van der Waals surface area contributed by atoms with E-state index < -0.39 is 0 Å². The molecule has 0 amide bonds. The van der Waals surface area contributed by atoms with Gasteiger partial charge in [-0.2, -0.15) is 0 Å². The lowest BCUT2D eigenvalue weighted by atomic mass is 10.2. The summed E-state index contributed by atoms with van der Waals surface area (Å²) in [6.07, 6.45) is 4.44. The first-order valence-electron chi connectivity index (χ1n) is 8.57. The molecule has 0 saturated heterocycles. The predicted molar refractivity (Wildman–Crippen MR) is 107 cm³/mol. The molecule has 0 spiro atoms. The van der Waals surface area contributed by atoms with Gasteiger partial charge in [-0.05, 0) is 37.3 Å². The molecule has 0 radical (unpaired) electrons. The van der Waals surface area contributed by atoms with Crippen LogP contribution >= 0.6 is 11.8 Å². The maximum absolute atomic E-state index is 11.0. The van der Waals surface area contributed by atoms with E-state index in [2.05, 4.69) is 9.72 Å². The summed E-state index contributed by atoms with van der Waals surface area (Å²) in [6, 6.07) is 13.7. The van der Waals surface area contributed by atoms with Crippen molar-refractivity contribution in [3.05, 3.63) is 71.5 Å². The number of aromatic nitrogens is 1. The summed E-state index contributed by atoms with van der Waals surface area (Å²) in [6.45, 7) is 1.91. The van der Waals surface area contributed by atoms with Crippen LogP contribution in [0, 0.1) is 6.92 Å². The third-order valence-electron chi connectivity index (χ3n) is 3.88. The van der Waals surface area contributed by atoms with Crippen molar-refractivity contribution in [1.29, 1.82) is 0 Å². The van der Waals surface area contributed by atoms with Gasteiger partial charge >= 0.3 is 5.97 Å². The van der Waals surface area contributed by atoms with Crippen LogP contribution in [0.15, 0.2) is 57.4 Å². The van der Waals surface area contributed by atoms with Crippen LogP contribution in [0.25, 0.3) is 17.5 Å². The molecule has 0 atom stereocenters. The number of hydrogen-bond acceptors (Lipinski definition) is 6. The molecule has 5 nitrogen and oxygen atoms in total. The Hall–Kier alpha value is -2.73. The summed E-state index contributed by atoms with van der Waals surface area (Å²) in [5, 5.41) is 0. The van der Waals surface area contributed by atoms with E-state index in [4.69, 9.17) is 8.83 Å². The molecule has 3 aromatic rings.